The number of benzene rings is 1. The third-order valence-corrected chi connectivity index (χ3v) is 7.64. The predicted molar refractivity (Wildman–Crippen MR) is 132 cm³/mol. The number of carbonyl (C=O) groups is 3. The Bertz CT molecular complexity index is 1280. The topological polar surface area (TPSA) is 91.4 Å². The smallest absolute Gasteiger partial charge is 0.290 e. The summed E-state index contributed by atoms with van der Waals surface area (Å²) in [6, 6.07) is 11.5. The summed E-state index contributed by atoms with van der Waals surface area (Å²) in [6.45, 7) is 3.77. The van der Waals surface area contributed by atoms with E-state index in [9.17, 15) is 14.4 Å². The summed E-state index contributed by atoms with van der Waals surface area (Å²) in [6.07, 6.45) is 5.94. The molecule has 7 nitrogen and oxygen atoms in total. The van der Waals surface area contributed by atoms with Gasteiger partial charge in [0.05, 0.1) is 15.3 Å². The Labute approximate surface area is 199 Å². The summed E-state index contributed by atoms with van der Waals surface area (Å²) >= 11 is 2.35. The number of nitrogens with one attached hydrogen (secondary N) is 2. The van der Waals surface area contributed by atoms with Crippen molar-refractivity contribution in [2.75, 3.05) is 26.2 Å². The van der Waals surface area contributed by atoms with Crippen molar-refractivity contribution in [3.05, 3.63) is 57.9 Å². The lowest BCUT2D eigenvalue weighted by molar-refractivity contribution is -0.115. The molecule has 3 aromatic rings. The van der Waals surface area contributed by atoms with Crippen LogP contribution in [0.25, 0.3) is 27.4 Å². The third-order valence-electron chi connectivity index (χ3n) is 5.71. The molecule has 0 saturated carbocycles. The summed E-state index contributed by atoms with van der Waals surface area (Å²) in [7, 11) is 0. The highest BCUT2D eigenvalue weighted by Crippen LogP contribution is 2.34. The van der Waals surface area contributed by atoms with Gasteiger partial charge in [-0.05, 0) is 79.7 Å². The van der Waals surface area contributed by atoms with Crippen molar-refractivity contribution in [2.24, 2.45) is 0 Å². The zero-order chi connectivity index (χ0) is 22.8. The molecule has 5 rings (SSSR count). The van der Waals surface area contributed by atoms with Crippen LogP contribution in [0.3, 0.4) is 0 Å². The number of hydrogen-bond donors (Lipinski definition) is 2. The van der Waals surface area contributed by atoms with Crippen molar-refractivity contribution in [3.8, 4) is 10.4 Å². The van der Waals surface area contributed by atoms with E-state index in [1.807, 2.05) is 36.4 Å². The van der Waals surface area contributed by atoms with Crippen LogP contribution in [0, 0.1) is 0 Å². The van der Waals surface area contributed by atoms with Crippen LogP contribution in [-0.2, 0) is 4.79 Å². The maximum absolute atomic E-state index is 12.6. The molecule has 3 amide bonds. The average molecular weight is 479 g/mol. The highest BCUT2D eigenvalue weighted by molar-refractivity contribution is 8.18. The standard InChI is InChI=1S/C24H22N4O3S2/c29-22(26-9-12-28-10-1-2-11-28)20-6-5-19(32-20)16-7-8-25-18-4-3-15(13-17(16)18)14-21-23(30)27-24(31)33-21/h3-8,13-14H,1-2,9-12H2,(H,26,29)(H,27,30,31)/b21-14-. The van der Waals surface area contributed by atoms with Crippen molar-refractivity contribution in [1.82, 2.24) is 20.5 Å². The van der Waals surface area contributed by atoms with E-state index < -0.39 is 0 Å². The second kappa shape index (κ2) is 9.46. The largest absolute Gasteiger partial charge is 0.350 e. The number of imide groups is 1. The molecular formula is C24H22N4O3S2. The molecule has 4 heterocycles. The molecule has 0 atom stereocenters. The van der Waals surface area contributed by atoms with Gasteiger partial charge in [-0.2, -0.15) is 0 Å². The van der Waals surface area contributed by atoms with Crippen molar-refractivity contribution in [2.45, 2.75) is 12.8 Å². The number of fused-ring (bicyclic) bond motifs is 1. The number of likely N-dealkylation sites (tertiary alicyclic amines) is 1. The minimum Gasteiger partial charge on any atom is -0.350 e. The maximum Gasteiger partial charge on any atom is 0.290 e. The highest BCUT2D eigenvalue weighted by atomic mass is 32.2. The molecule has 0 bridgehead atoms. The van der Waals surface area contributed by atoms with Crippen LogP contribution in [0.2, 0.25) is 0 Å². The van der Waals surface area contributed by atoms with Crippen LogP contribution < -0.4 is 10.6 Å². The number of thiophene rings is 1. The summed E-state index contributed by atoms with van der Waals surface area (Å²) in [5, 5.41) is 5.86. The van der Waals surface area contributed by atoms with Gasteiger partial charge in [0, 0.05) is 35.1 Å². The van der Waals surface area contributed by atoms with Crippen LogP contribution >= 0.6 is 23.1 Å². The lowest BCUT2D eigenvalue weighted by Crippen LogP contribution is -2.33. The van der Waals surface area contributed by atoms with Crippen molar-refractivity contribution in [1.29, 1.82) is 0 Å². The quantitative estimate of drug-likeness (QED) is 0.518. The molecular weight excluding hydrogens is 456 g/mol. The number of rotatable bonds is 6. The van der Waals surface area contributed by atoms with Gasteiger partial charge in [0.2, 0.25) is 0 Å². The van der Waals surface area contributed by atoms with Crippen molar-refractivity contribution in [3.63, 3.8) is 0 Å². The number of carbonyl (C=O) groups excluding carboxylic acids is 3. The van der Waals surface area contributed by atoms with Crippen molar-refractivity contribution >= 4 is 57.1 Å². The number of thioether (sulfide) groups is 1. The van der Waals surface area contributed by atoms with E-state index >= 15 is 0 Å². The number of nitrogens with zero attached hydrogens (tertiary/aromatic N) is 2. The number of pyridine rings is 1. The second-order valence-corrected chi connectivity index (χ2v) is 10.1. The highest BCUT2D eigenvalue weighted by Gasteiger charge is 2.25. The van der Waals surface area contributed by atoms with Crippen LogP contribution in [0.4, 0.5) is 4.79 Å². The van der Waals surface area contributed by atoms with Gasteiger partial charge in [-0.3, -0.25) is 24.7 Å². The monoisotopic (exact) mass is 478 g/mol. The zero-order valence-corrected chi connectivity index (χ0v) is 19.4. The fourth-order valence-corrected chi connectivity index (χ4v) is 5.71. The normalized spacial score (nSPS) is 17.8. The van der Waals surface area contributed by atoms with Gasteiger partial charge < -0.3 is 10.2 Å². The Kier molecular flexibility index (Phi) is 6.26. The van der Waals surface area contributed by atoms with Gasteiger partial charge in [0.1, 0.15) is 0 Å². The molecule has 2 aliphatic rings. The minimum absolute atomic E-state index is 0.0526. The minimum atomic E-state index is -0.379. The molecule has 168 valence electrons. The second-order valence-electron chi connectivity index (χ2n) is 7.96. The predicted octanol–water partition coefficient (Wildman–Crippen LogP) is 4.11. The van der Waals surface area contributed by atoms with Gasteiger partial charge in [-0.15, -0.1) is 11.3 Å². The first-order chi connectivity index (χ1) is 16.1. The lowest BCUT2D eigenvalue weighted by Gasteiger charge is -2.14. The molecule has 2 aliphatic heterocycles. The van der Waals surface area contributed by atoms with Crippen molar-refractivity contribution < 1.29 is 14.4 Å². The zero-order valence-electron chi connectivity index (χ0n) is 17.8. The summed E-state index contributed by atoms with van der Waals surface area (Å²) in [5.41, 5.74) is 2.60. The van der Waals surface area contributed by atoms with Crippen LogP contribution in [0.1, 0.15) is 28.1 Å². The Hall–Kier alpha value is -3.01. The van der Waals surface area contributed by atoms with Gasteiger partial charge in [-0.1, -0.05) is 6.07 Å². The molecule has 2 saturated heterocycles. The molecule has 2 fully saturated rings. The van der Waals surface area contributed by atoms with Gasteiger partial charge >= 0.3 is 0 Å². The molecule has 2 N–H and O–H groups in total. The summed E-state index contributed by atoms with van der Waals surface area (Å²) < 4.78 is 0. The first-order valence-corrected chi connectivity index (χ1v) is 12.4. The van der Waals surface area contributed by atoms with Crippen LogP contribution in [-0.4, -0.2) is 53.1 Å². The first kappa shape index (κ1) is 21.8. The molecule has 0 aliphatic carbocycles. The molecule has 9 heteroatoms. The Morgan fingerprint density at radius 1 is 1.15 bits per heavy atom. The van der Waals surface area contributed by atoms with E-state index in [4.69, 9.17) is 0 Å². The molecule has 33 heavy (non-hydrogen) atoms. The van der Waals surface area contributed by atoms with Crippen LogP contribution in [0.15, 0.2) is 47.5 Å². The van der Waals surface area contributed by atoms with Gasteiger partial charge in [-0.25, -0.2) is 0 Å². The van der Waals surface area contributed by atoms with Gasteiger partial charge in [0.15, 0.2) is 0 Å². The average Bonchev–Trinajstić information content (AvgIpc) is 3.56. The Morgan fingerprint density at radius 3 is 2.79 bits per heavy atom. The Balaban J connectivity index is 1.36. The lowest BCUT2D eigenvalue weighted by atomic mass is 10.0. The maximum atomic E-state index is 12.6. The van der Waals surface area contributed by atoms with E-state index in [1.54, 1.807) is 12.3 Å². The van der Waals surface area contributed by atoms with Crippen LogP contribution in [0.5, 0.6) is 0 Å². The van der Waals surface area contributed by atoms with E-state index in [-0.39, 0.29) is 17.1 Å². The summed E-state index contributed by atoms with van der Waals surface area (Å²) in [4.78, 5) is 44.8. The Morgan fingerprint density at radius 2 is 2.00 bits per heavy atom. The SMILES string of the molecule is O=C1NC(=O)/C(=C/c2ccc3nccc(-c4ccc(C(=O)NCCN5CCCC5)s4)c3c2)S1. The van der Waals surface area contributed by atoms with E-state index in [2.05, 4.69) is 20.5 Å². The molecule has 0 unspecified atom stereocenters. The number of amides is 3. The number of aromatic nitrogens is 1. The number of hydrogen-bond acceptors (Lipinski definition) is 7. The van der Waals surface area contributed by atoms with E-state index in [0.29, 0.717) is 16.3 Å². The molecule has 0 radical (unpaired) electrons. The fourth-order valence-electron chi connectivity index (χ4n) is 4.07. The van der Waals surface area contributed by atoms with E-state index in [0.717, 1.165) is 58.3 Å². The molecule has 0 spiro atoms. The van der Waals surface area contributed by atoms with Gasteiger partial charge in [0.25, 0.3) is 17.1 Å². The fraction of sp³-hybridized carbons (Fsp3) is 0.250. The third kappa shape index (κ3) is 4.85. The molecule has 1 aromatic carbocycles. The molecule has 2 aromatic heterocycles. The van der Waals surface area contributed by atoms with E-state index in [1.165, 1.54) is 24.2 Å². The first-order valence-electron chi connectivity index (χ1n) is 10.8. The summed E-state index contributed by atoms with van der Waals surface area (Å²) in [5.74, 6) is -0.432.